The number of imidazole rings is 1. The van der Waals surface area contributed by atoms with Gasteiger partial charge in [0.05, 0.1) is 24.4 Å². The van der Waals surface area contributed by atoms with Crippen LogP contribution >= 0.6 is 11.6 Å². The van der Waals surface area contributed by atoms with E-state index in [1.165, 1.54) is 0 Å². The van der Waals surface area contributed by atoms with Crippen LogP contribution in [0.5, 0.6) is 0 Å². The molecule has 4 nitrogen and oxygen atoms in total. The van der Waals surface area contributed by atoms with Crippen molar-refractivity contribution in [3.8, 4) is 0 Å². The quantitative estimate of drug-likeness (QED) is 0.679. The van der Waals surface area contributed by atoms with Gasteiger partial charge in [0.25, 0.3) is 0 Å². The van der Waals surface area contributed by atoms with Crippen molar-refractivity contribution in [1.82, 2.24) is 14.5 Å². The molecule has 5 heteroatoms. The van der Waals surface area contributed by atoms with E-state index in [1.807, 2.05) is 29.7 Å². The number of pyridine rings is 1. The lowest BCUT2D eigenvalue weighted by atomic mass is 10.3. The van der Waals surface area contributed by atoms with Crippen LogP contribution in [-0.2, 0) is 6.54 Å². The number of hydrogen-bond acceptors (Lipinski definition) is 3. The third kappa shape index (κ3) is 1.88. The van der Waals surface area contributed by atoms with Gasteiger partial charge in [-0.25, -0.2) is 9.97 Å². The number of alkyl halides is 1. The normalized spacial score (nSPS) is 13.0. The molecule has 0 saturated carbocycles. The van der Waals surface area contributed by atoms with Gasteiger partial charge in [-0.3, -0.25) is 0 Å². The summed E-state index contributed by atoms with van der Waals surface area (Å²) in [5.41, 5.74) is 2.78. The molecule has 3 heterocycles. The van der Waals surface area contributed by atoms with Crippen LogP contribution in [0.25, 0.3) is 11.2 Å². The van der Waals surface area contributed by atoms with Crippen molar-refractivity contribution in [2.75, 3.05) is 0 Å². The number of nitrogens with zero attached hydrogens (tertiary/aromatic N) is 3. The van der Waals surface area contributed by atoms with E-state index in [0.29, 0.717) is 6.54 Å². The molecule has 0 aliphatic heterocycles. The maximum Gasteiger partial charge on any atom is 0.160 e. The van der Waals surface area contributed by atoms with Gasteiger partial charge in [0.1, 0.15) is 11.3 Å². The summed E-state index contributed by atoms with van der Waals surface area (Å²) in [6.07, 6.45) is 5.14. The highest BCUT2D eigenvalue weighted by Crippen LogP contribution is 2.24. The molecule has 1 atom stereocenters. The average Bonchev–Trinajstić information content (AvgIpc) is 2.98. The van der Waals surface area contributed by atoms with Crippen molar-refractivity contribution in [2.24, 2.45) is 0 Å². The average molecular weight is 262 g/mol. The first-order valence-electron chi connectivity index (χ1n) is 5.72. The molecule has 92 valence electrons. The number of fused-ring (bicyclic) bond motifs is 1. The molecule has 3 rings (SSSR count). The fourth-order valence-corrected chi connectivity index (χ4v) is 2.17. The zero-order valence-corrected chi connectivity index (χ0v) is 10.6. The molecule has 0 N–H and O–H groups in total. The summed E-state index contributed by atoms with van der Waals surface area (Å²) in [5.74, 6) is 0.826. The molecule has 3 aromatic rings. The lowest BCUT2D eigenvalue weighted by Gasteiger charge is -2.08. The monoisotopic (exact) mass is 261 g/mol. The number of furan rings is 1. The predicted molar refractivity (Wildman–Crippen MR) is 69.6 cm³/mol. The first kappa shape index (κ1) is 11.3. The van der Waals surface area contributed by atoms with E-state index >= 15 is 0 Å². The molecular formula is C13H12ClN3O. The van der Waals surface area contributed by atoms with Crippen molar-refractivity contribution in [3.05, 3.63) is 48.3 Å². The van der Waals surface area contributed by atoms with Gasteiger partial charge < -0.3 is 8.98 Å². The van der Waals surface area contributed by atoms with Gasteiger partial charge in [-0.1, -0.05) is 0 Å². The molecule has 0 radical (unpaired) electrons. The van der Waals surface area contributed by atoms with Crippen LogP contribution in [0.1, 0.15) is 23.7 Å². The van der Waals surface area contributed by atoms with E-state index in [2.05, 4.69) is 9.97 Å². The Morgan fingerprint density at radius 3 is 3.06 bits per heavy atom. The summed E-state index contributed by atoms with van der Waals surface area (Å²) in [5, 5.41) is -0.161. The van der Waals surface area contributed by atoms with E-state index in [9.17, 15) is 0 Å². The van der Waals surface area contributed by atoms with Gasteiger partial charge in [-0.05, 0) is 25.1 Å². The number of halogens is 1. The lowest BCUT2D eigenvalue weighted by Crippen LogP contribution is -2.05. The highest BCUT2D eigenvalue weighted by molar-refractivity contribution is 6.20. The van der Waals surface area contributed by atoms with Crippen LogP contribution in [-0.4, -0.2) is 14.5 Å². The van der Waals surface area contributed by atoms with Crippen LogP contribution in [0.2, 0.25) is 0 Å². The summed E-state index contributed by atoms with van der Waals surface area (Å²) < 4.78 is 7.11. The molecule has 0 amide bonds. The van der Waals surface area contributed by atoms with Crippen molar-refractivity contribution >= 4 is 22.8 Å². The summed E-state index contributed by atoms with van der Waals surface area (Å²) in [6, 6.07) is 5.74. The first-order chi connectivity index (χ1) is 8.75. The molecule has 0 aliphatic carbocycles. The standard InChI is InChI=1S/C13H12ClN3O/c1-9(14)12-16-11-3-2-5-15-13(11)17(12)7-10-4-6-18-8-10/h2-6,8-9H,7H2,1H3. The fraction of sp³-hybridized carbons (Fsp3) is 0.231. The van der Waals surface area contributed by atoms with Gasteiger partial charge in [0, 0.05) is 11.8 Å². The van der Waals surface area contributed by atoms with Crippen LogP contribution in [0.3, 0.4) is 0 Å². The molecule has 0 aliphatic rings. The van der Waals surface area contributed by atoms with Gasteiger partial charge in [0.2, 0.25) is 0 Å². The molecule has 0 saturated heterocycles. The Morgan fingerprint density at radius 1 is 1.44 bits per heavy atom. The molecule has 0 fully saturated rings. The first-order valence-corrected chi connectivity index (χ1v) is 6.15. The van der Waals surface area contributed by atoms with Crippen LogP contribution in [0.15, 0.2) is 41.3 Å². The largest absolute Gasteiger partial charge is 0.472 e. The third-order valence-corrected chi connectivity index (χ3v) is 3.01. The Hall–Kier alpha value is -1.81. The molecular weight excluding hydrogens is 250 g/mol. The number of rotatable bonds is 3. The molecule has 18 heavy (non-hydrogen) atoms. The minimum Gasteiger partial charge on any atom is -0.472 e. The van der Waals surface area contributed by atoms with Crippen LogP contribution < -0.4 is 0 Å². The summed E-state index contributed by atoms with van der Waals surface area (Å²) in [7, 11) is 0. The van der Waals surface area contributed by atoms with Gasteiger partial charge in [0.15, 0.2) is 5.65 Å². The Bertz CT molecular complexity index is 658. The van der Waals surface area contributed by atoms with E-state index < -0.39 is 0 Å². The van der Waals surface area contributed by atoms with Crippen molar-refractivity contribution < 1.29 is 4.42 Å². The smallest absolute Gasteiger partial charge is 0.160 e. The van der Waals surface area contributed by atoms with Crippen molar-refractivity contribution in [1.29, 1.82) is 0 Å². The van der Waals surface area contributed by atoms with Gasteiger partial charge in [-0.2, -0.15) is 0 Å². The second-order valence-corrected chi connectivity index (χ2v) is 4.80. The molecule has 0 spiro atoms. The topological polar surface area (TPSA) is 43.9 Å². The summed E-state index contributed by atoms with van der Waals surface area (Å²) in [6.45, 7) is 2.57. The lowest BCUT2D eigenvalue weighted by molar-refractivity contribution is 0.561. The molecule has 0 aromatic carbocycles. The Labute approximate surface area is 109 Å². The van der Waals surface area contributed by atoms with E-state index in [4.69, 9.17) is 16.0 Å². The Balaban J connectivity index is 2.15. The minimum absolute atomic E-state index is 0.161. The SMILES string of the molecule is CC(Cl)c1nc2cccnc2n1Cc1ccoc1. The molecule has 1 unspecified atom stereocenters. The van der Waals surface area contributed by atoms with Gasteiger partial charge in [-0.15, -0.1) is 11.6 Å². The second kappa shape index (κ2) is 4.46. The molecule has 3 aromatic heterocycles. The molecule has 0 bridgehead atoms. The van der Waals surface area contributed by atoms with E-state index in [1.54, 1.807) is 18.7 Å². The van der Waals surface area contributed by atoms with Crippen molar-refractivity contribution in [2.45, 2.75) is 18.8 Å². The maximum atomic E-state index is 6.19. The highest BCUT2D eigenvalue weighted by atomic mass is 35.5. The second-order valence-electron chi connectivity index (χ2n) is 4.15. The van der Waals surface area contributed by atoms with E-state index in [-0.39, 0.29) is 5.38 Å². The highest BCUT2D eigenvalue weighted by Gasteiger charge is 2.15. The number of hydrogen-bond donors (Lipinski definition) is 0. The summed E-state index contributed by atoms with van der Waals surface area (Å²) in [4.78, 5) is 8.91. The van der Waals surface area contributed by atoms with Crippen LogP contribution in [0.4, 0.5) is 0 Å². The van der Waals surface area contributed by atoms with E-state index in [0.717, 1.165) is 22.6 Å². The third-order valence-electron chi connectivity index (χ3n) is 2.81. The van der Waals surface area contributed by atoms with Crippen molar-refractivity contribution in [3.63, 3.8) is 0 Å². The Kier molecular flexibility index (Phi) is 2.80. The minimum atomic E-state index is -0.161. The summed E-state index contributed by atoms with van der Waals surface area (Å²) >= 11 is 6.19. The Morgan fingerprint density at radius 2 is 2.33 bits per heavy atom. The predicted octanol–water partition coefficient (Wildman–Crippen LogP) is 3.37. The zero-order valence-electron chi connectivity index (χ0n) is 9.88. The van der Waals surface area contributed by atoms with Crippen LogP contribution in [0, 0.1) is 0 Å². The maximum absolute atomic E-state index is 6.19. The van der Waals surface area contributed by atoms with Gasteiger partial charge >= 0.3 is 0 Å². The zero-order chi connectivity index (χ0) is 12.5. The number of aromatic nitrogens is 3. The fourth-order valence-electron chi connectivity index (χ4n) is 2.00.